The van der Waals surface area contributed by atoms with Gasteiger partial charge in [0.15, 0.2) is 0 Å². The normalized spacial score (nSPS) is 13.4. The molecule has 1 rings (SSSR count). The fourth-order valence-corrected chi connectivity index (χ4v) is 1.98. The van der Waals surface area contributed by atoms with Crippen molar-refractivity contribution in [3.63, 3.8) is 0 Å². The Morgan fingerprint density at radius 1 is 1.47 bits per heavy atom. The second kappa shape index (κ2) is 4.96. The van der Waals surface area contributed by atoms with Crippen LogP contribution in [0, 0.1) is 5.41 Å². The third kappa shape index (κ3) is 3.63. The van der Waals surface area contributed by atoms with Crippen molar-refractivity contribution in [2.75, 3.05) is 5.73 Å². The number of carboxylic acids is 1. The summed E-state index contributed by atoms with van der Waals surface area (Å²) in [5.74, 6) is -1.48. The number of hydrogen-bond donors (Lipinski definition) is 2. The SMILES string of the molecule is CC(C)(C)CC(C(=O)O)c1cccc(Cl)c1N. The highest BCUT2D eigenvalue weighted by Gasteiger charge is 2.28. The fourth-order valence-electron chi connectivity index (χ4n) is 1.80. The highest BCUT2D eigenvalue weighted by molar-refractivity contribution is 6.33. The third-order valence-corrected chi connectivity index (χ3v) is 2.91. The number of para-hydroxylation sites is 1. The van der Waals surface area contributed by atoms with Crippen LogP contribution in [0.2, 0.25) is 5.02 Å². The van der Waals surface area contributed by atoms with Crippen molar-refractivity contribution in [2.24, 2.45) is 5.41 Å². The summed E-state index contributed by atoms with van der Waals surface area (Å²) < 4.78 is 0. The van der Waals surface area contributed by atoms with Gasteiger partial charge in [-0.3, -0.25) is 4.79 Å². The predicted octanol–water partition coefficient (Wildman–Crippen LogP) is 3.53. The average molecular weight is 256 g/mol. The standard InChI is InChI=1S/C13H18ClNO2/c1-13(2,3)7-9(12(16)17)8-5-4-6-10(14)11(8)15/h4-6,9H,7,15H2,1-3H3,(H,16,17). The quantitative estimate of drug-likeness (QED) is 0.812. The van der Waals surface area contributed by atoms with E-state index in [1.807, 2.05) is 20.8 Å². The number of benzene rings is 1. The lowest BCUT2D eigenvalue weighted by Crippen LogP contribution is -2.20. The summed E-state index contributed by atoms with van der Waals surface area (Å²) in [4.78, 5) is 11.3. The first-order valence-corrected chi connectivity index (χ1v) is 5.87. The molecule has 0 amide bonds. The van der Waals surface area contributed by atoms with Gasteiger partial charge in [0.25, 0.3) is 0 Å². The summed E-state index contributed by atoms with van der Waals surface area (Å²) in [6.45, 7) is 6.01. The predicted molar refractivity (Wildman–Crippen MR) is 70.3 cm³/mol. The largest absolute Gasteiger partial charge is 0.481 e. The number of halogens is 1. The number of aliphatic carboxylic acids is 1. The number of carbonyl (C=O) groups is 1. The van der Waals surface area contributed by atoms with Crippen LogP contribution in [0.3, 0.4) is 0 Å². The van der Waals surface area contributed by atoms with E-state index in [9.17, 15) is 9.90 Å². The lowest BCUT2D eigenvalue weighted by atomic mass is 9.81. The molecule has 0 saturated carbocycles. The highest BCUT2D eigenvalue weighted by atomic mass is 35.5. The molecule has 0 aliphatic carbocycles. The Balaban J connectivity index is 3.15. The molecule has 1 atom stereocenters. The van der Waals surface area contributed by atoms with Crippen molar-refractivity contribution in [3.8, 4) is 0 Å². The first-order valence-electron chi connectivity index (χ1n) is 5.49. The topological polar surface area (TPSA) is 63.3 Å². The van der Waals surface area contributed by atoms with Gasteiger partial charge in [-0.05, 0) is 23.5 Å². The van der Waals surface area contributed by atoms with Gasteiger partial charge in [0.2, 0.25) is 0 Å². The van der Waals surface area contributed by atoms with Crippen LogP contribution in [0.25, 0.3) is 0 Å². The molecule has 1 unspecified atom stereocenters. The lowest BCUT2D eigenvalue weighted by molar-refractivity contribution is -0.139. The molecule has 0 heterocycles. The van der Waals surface area contributed by atoms with Crippen LogP contribution in [0.15, 0.2) is 18.2 Å². The number of nitrogen functional groups attached to an aromatic ring is 1. The van der Waals surface area contributed by atoms with Gasteiger partial charge in [0, 0.05) is 0 Å². The van der Waals surface area contributed by atoms with E-state index in [2.05, 4.69) is 0 Å². The first-order chi connectivity index (χ1) is 7.72. The molecule has 94 valence electrons. The molecule has 0 aromatic heterocycles. The second-order valence-corrected chi connectivity index (χ2v) is 5.81. The van der Waals surface area contributed by atoms with E-state index in [-0.39, 0.29) is 5.41 Å². The summed E-state index contributed by atoms with van der Waals surface area (Å²) >= 11 is 5.92. The van der Waals surface area contributed by atoms with Crippen molar-refractivity contribution >= 4 is 23.3 Å². The van der Waals surface area contributed by atoms with Gasteiger partial charge in [0.1, 0.15) is 0 Å². The zero-order valence-electron chi connectivity index (χ0n) is 10.3. The third-order valence-electron chi connectivity index (χ3n) is 2.58. The lowest BCUT2D eigenvalue weighted by Gasteiger charge is -2.24. The Labute approximate surface area is 107 Å². The highest BCUT2D eigenvalue weighted by Crippen LogP contribution is 2.36. The van der Waals surface area contributed by atoms with Crippen LogP contribution in [-0.2, 0) is 4.79 Å². The van der Waals surface area contributed by atoms with Crippen molar-refractivity contribution < 1.29 is 9.90 Å². The van der Waals surface area contributed by atoms with Crippen LogP contribution in [0.5, 0.6) is 0 Å². The number of hydrogen-bond acceptors (Lipinski definition) is 2. The summed E-state index contributed by atoms with van der Waals surface area (Å²) in [6.07, 6.45) is 0.521. The van der Waals surface area contributed by atoms with E-state index < -0.39 is 11.9 Å². The maximum atomic E-state index is 11.3. The van der Waals surface area contributed by atoms with Gasteiger partial charge in [-0.2, -0.15) is 0 Å². The van der Waals surface area contributed by atoms with Crippen molar-refractivity contribution in [3.05, 3.63) is 28.8 Å². The number of anilines is 1. The van der Waals surface area contributed by atoms with Crippen molar-refractivity contribution in [1.82, 2.24) is 0 Å². The van der Waals surface area contributed by atoms with Gasteiger partial charge in [0.05, 0.1) is 16.6 Å². The van der Waals surface area contributed by atoms with Crippen LogP contribution in [0.4, 0.5) is 5.69 Å². The molecule has 17 heavy (non-hydrogen) atoms. The summed E-state index contributed by atoms with van der Waals surface area (Å²) in [5, 5.41) is 9.71. The Morgan fingerprint density at radius 2 is 2.06 bits per heavy atom. The van der Waals surface area contributed by atoms with Crippen molar-refractivity contribution in [2.45, 2.75) is 33.1 Å². The van der Waals surface area contributed by atoms with Crippen LogP contribution < -0.4 is 5.73 Å². The van der Waals surface area contributed by atoms with E-state index in [1.54, 1.807) is 18.2 Å². The smallest absolute Gasteiger partial charge is 0.311 e. The Bertz CT molecular complexity index is 424. The molecule has 0 aliphatic rings. The molecule has 3 N–H and O–H groups in total. The van der Waals surface area contributed by atoms with E-state index >= 15 is 0 Å². The molecule has 3 nitrogen and oxygen atoms in total. The van der Waals surface area contributed by atoms with Crippen LogP contribution in [0.1, 0.15) is 38.7 Å². The van der Waals surface area contributed by atoms with Gasteiger partial charge in [-0.15, -0.1) is 0 Å². The Morgan fingerprint density at radius 3 is 2.53 bits per heavy atom. The summed E-state index contributed by atoms with van der Waals surface area (Å²) in [7, 11) is 0. The minimum absolute atomic E-state index is 0.0855. The molecule has 0 radical (unpaired) electrons. The van der Waals surface area contributed by atoms with E-state index in [4.69, 9.17) is 17.3 Å². The van der Waals surface area contributed by atoms with Crippen LogP contribution in [-0.4, -0.2) is 11.1 Å². The molecular formula is C13H18ClNO2. The average Bonchev–Trinajstić information content (AvgIpc) is 2.17. The van der Waals surface area contributed by atoms with E-state index in [0.717, 1.165) is 0 Å². The van der Waals surface area contributed by atoms with Gasteiger partial charge < -0.3 is 10.8 Å². The summed E-state index contributed by atoms with van der Waals surface area (Å²) in [6, 6.07) is 5.12. The molecule has 0 bridgehead atoms. The van der Waals surface area contributed by atoms with Crippen LogP contribution >= 0.6 is 11.6 Å². The molecule has 4 heteroatoms. The van der Waals surface area contributed by atoms with E-state index in [1.165, 1.54) is 0 Å². The maximum absolute atomic E-state index is 11.3. The molecule has 0 saturated heterocycles. The fraction of sp³-hybridized carbons (Fsp3) is 0.462. The monoisotopic (exact) mass is 255 g/mol. The minimum atomic E-state index is -0.867. The molecular weight excluding hydrogens is 238 g/mol. The Hall–Kier alpha value is -1.22. The number of rotatable bonds is 3. The molecule has 0 spiro atoms. The van der Waals surface area contributed by atoms with E-state index in [0.29, 0.717) is 22.7 Å². The van der Waals surface area contributed by atoms with Gasteiger partial charge in [-0.25, -0.2) is 0 Å². The second-order valence-electron chi connectivity index (χ2n) is 5.40. The molecule has 1 aromatic rings. The van der Waals surface area contributed by atoms with Gasteiger partial charge >= 0.3 is 5.97 Å². The minimum Gasteiger partial charge on any atom is -0.481 e. The maximum Gasteiger partial charge on any atom is 0.311 e. The molecule has 0 fully saturated rings. The zero-order chi connectivity index (χ0) is 13.2. The first kappa shape index (κ1) is 13.8. The van der Waals surface area contributed by atoms with Gasteiger partial charge in [-0.1, -0.05) is 44.5 Å². The zero-order valence-corrected chi connectivity index (χ0v) is 11.1. The number of nitrogens with two attached hydrogens (primary N) is 1. The summed E-state index contributed by atoms with van der Waals surface area (Å²) in [5.41, 5.74) is 6.72. The van der Waals surface area contributed by atoms with Crippen molar-refractivity contribution in [1.29, 1.82) is 0 Å². The Kier molecular flexibility index (Phi) is 4.04. The molecule has 0 aliphatic heterocycles. The number of carboxylic acid groups (broad SMARTS) is 1. The molecule has 1 aromatic carbocycles.